The van der Waals surface area contributed by atoms with Crippen molar-refractivity contribution in [3.05, 3.63) is 72.8 Å². The van der Waals surface area contributed by atoms with E-state index in [4.69, 9.17) is 4.74 Å². The van der Waals surface area contributed by atoms with Crippen molar-refractivity contribution in [3.8, 4) is 11.6 Å². The Balaban J connectivity index is 1.66. The highest BCUT2D eigenvalue weighted by Gasteiger charge is 2.27. The summed E-state index contributed by atoms with van der Waals surface area (Å²) in [4.78, 5) is 16.5. The second-order valence-corrected chi connectivity index (χ2v) is 10.3. The Morgan fingerprint density at radius 2 is 1.75 bits per heavy atom. The third-order valence-corrected chi connectivity index (χ3v) is 7.81. The average molecular weight is 525 g/mol. The lowest BCUT2D eigenvalue weighted by molar-refractivity contribution is -0.116. The number of nitrogens with zero attached hydrogens (tertiary/aromatic N) is 3. The molecule has 3 aromatic carbocycles. The molecule has 0 aliphatic rings. The molecule has 0 fully saturated rings. The number of carbonyl (C=O) groups excluding carboxylic acids is 1. The fourth-order valence-electron chi connectivity index (χ4n) is 3.54. The lowest BCUT2D eigenvalue weighted by atomic mass is 10.2. The first-order valence-electron chi connectivity index (χ1n) is 11.0. The summed E-state index contributed by atoms with van der Waals surface area (Å²) in [6.45, 7) is 1.72. The van der Waals surface area contributed by atoms with Gasteiger partial charge in [-0.1, -0.05) is 18.2 Å². The minimum absolute atomic E-state index is 0.0354. The van der Waals surface area contributed by atoms with Crippen LogP contribution in [0.3, 0.4) is 0 Å². The zero-order valence-corrected chi connectivity index (χ0v) is 21.2. The molecule has 0 spiro atoms. The number of para-hydroxylation sites is 1. The maximum absolute atomic E-state index is 13.6. The van der Waals surface area contributed by atoms with Gasteiger partial charge in [0.25, 0.3) is 15.9 Å². The largest absolute Gasteiger partial charge is 0.494 e. The predicted molar refractivity (Wildman–Crippen MR) is 140 cm³/mol. The molecule has 9 nitrogen and oxygen atoms in total. The van der Waals surface area contributed by atoms with Gasteiger partial charge in [-0.3, -0.25) is 9.10 Å². The number of nitrogens with one attached hydrogen (secondary N) is 1. The van der Waals surface area contributed by atoms with Crippen molar-refractivity contribution in [2.75, 3.05) is 23.7 Å². The van der Waals surface area contributed by atoms with E-state index in [0.717, 1.165) is 9.20 Å². The molecule has 4 aromatic rings. The molecule has 0 atom stereocenters. The lowest BCUT2D eigenvalue weighted by Gasteiger charge is -2.23. The molecule has 36 heavy (non-hydrogen) atoms. The Hall–Kier alpha value is -3.83. The van der Waals surface area contributed by atoms with Crippen molar-refractivity contribution in [1.82, 2.24) is 4.98 Å². The maximum atomic E-state index is 13.6. The fourth-order valence-corrected chi connectivity index (χ4v) is 5.36. The highest BCUT2D eigenvalue weighted by molar-refractivity contribution is 7.98. The number of amides is 1. The molecule has 1 heterocycles. The molecule has 11 heteroatoms. The second-order valence-electron chi connectivity index (χ2n) is 7.58. The summed E-state index contributed by atoms with van der Waals surface area (Å²) >= 11 is 1.49. The van der Waals surface area contributed by atoms with Crippen LogP contribution in [0.1, 0.15) is 6.92 Å². The van der Waals surface area contributed by atoms with Crippen molar-refractivity contribution in [3.63, 3.8) is 0 Å². The maximum Gasteiger partial charge on any atom is 0.285 e. The molecular formula is C25H24N4O5S2. The van der Waals surface area contributed by atoms with E-state index in [-0.39, 0.29) is 22.2 Å². The summed E-state index contributed by atoms with van der Waals surface area (Å²) in [5, 5.41) is 18.3. The quantitative estimate of drug-likeness (QED) is 0.220. The van der Waals surface area contributed by atoms with Gasteiger partial charge in [0.15, 0.2) is 5.69 Å². The monoisotopic (exact) mass is 524 g/mol. The van der Waals surface area contributed by atoms with Crippen LogP contribution in [0.4, 0.5) is 11.4 Å². The van der Waals surface area contributed by atoms with Crippen LogP contribution in [0.15, 0.2) is 92.8 Å². The van der Waals surface area contributed by atoms with E-state index in [0.29, 0.717) is 23.3 Å². The van der Waals surface area contributed by atoms with Gasteiger partial charge in [0, 0.05) is 10.3 Å². The Bertz CT molecular complexity index is 1500. The molecule has 0 saturated heterocycles. The van der Waals surface area contributed by atoms with E-state index in [9.17, 15) is 18.3 Å². The van der Waals surface area contributed by atoms with Gasteiger partial charge in [-0.15, -0.1) is 22.0 Å². The van der Waals surface area contributed by atoms with Crippen LogP contribution < -0.4 is 9.04 Å². The number of aromatic nitrogens is 1. The van der Waals surface area contributed by atoms with Gasteiger partial charge in [-0.2, -0.15) is 0 Å². The molecule has 1 amide bonds. The van der Waals surface area contributed by atoms with Gasteiger partial charge in [0.1, 0.15) is 12.3 Å². The molecule has 0 aliphatic heterocycles. The van der Waals surface area contributed by atoms with Gasteiger partial charge >= 0.3 is 0 Å². The molecular weight excluding hydrogens is 500 g/mol. The van der Waals surface area contributed by atoms with Gasteiger partial charge in [-0.25, -0.2) is 8.42 Å². The number of aromatic hydroxyl groups is 1. The Morgan fingerprint density at radius 1 is 1.06 bits per heavy atom. The fraction of sp³-hybridized carbons (Fsp3) is 0.160. The van der Waals surface area contributed by atoms with Crippen molar-refractivity contribution < 1.29 is 23.1 Å². The summed E-state index contributed by atoms with van der Waals surface area (Å²) in [6, 6.07) is 19.8. The van der Waals surface area contributed by atoms with E-state index in [1.807, 2.05) is 13.2 Å². The summed E-state index contributed by atoms with van der Waals surface area (Å²) in [5.41, 5.74) is 0.997. The molecule has 0 radical (unpaired) electrons. The van der Waals surface area contributed by atoms with E-state index in [2.05, 4.69) is 15.2 Å². The Labute approximate surface area is 212 Å². The predicted octanol–water partition coefficient (Wildman–Crippen LogP) is 5.50. The van der Waals surface area contributed by atoms with Gasteiger partial charge in [-0.05, 0) is 67.8 Å². The molecule has 0 unspecified atom stereocenters. The second kappa shape index (κ2) is 10.8. The summed E-state index contributed by atoms with van der Waals surface area (Å²) in [6.07, 6.45) is 1.89. The van der Waals surface area contributed by atoms with Gasteiger partial charge in [0.2, 0.25) is 5.88 Å². The number of azo groups is 1. The number of H-pyrrole nitrogens is 1. The number of hydrogen-bond donors (Lipinski definition) is 2. The van der Waals surface area contributed by atoms with E-state index >= 15 is 0 Å². The van der Waals surface area contributed by atoms with Crippen LogP contribution in [0, 0.1) is 0 Å². The van der Waals surface area contributed by atoms with Crippen molar-refractivity contribution in [1.29, 1.82) is 0 Å². The number of ether oxygens (including phenoxy) is 1. The molecule has 2 N–H and O–H groups in total. The van der Waals surface area contributed by atoms with Crippen molar-refractivity contribution >= 4 is 50.0 Å². The van der Waals surface area contributed by atoms with E-state index < -0.39 is 22.5 Å². The molecule has 0 bridgehead atoms. The number of anilines is 1. The van der Waals surface area contributed by atoms with Crippen LogP contribution in [-0.4, -0.2) is 43.8 Å². The highest BCUT2D eigenvalue weighted by atomic mass is 32.2. The topological polar surface area (TPSA) is 124 Å². The number of hydrogen-bond acceptors (Lipinski definition) is 7. The van der Waals surface area contributed by atoms with Crippen LogP contribution >= 0.6 is 11.8 Å². The number of rotatable bonds is 9. The number of benzene rings is 3. The lowest BCUT2D eigenvalue weighted by Crippen LogP contribution is -2.35. The minimum Gasteiger partial charge on any atom is -0.494 e. The van der Waals surface area contributed by atoms with Crippen molar-refractivity contribution in [2.45, 2.75) is 16.7 Å². The summed E-state index contributed by atoms with van der Waals surface area (Å²) < 4.78 is 33.5. The first-order chi connectivity index (χ1) is 17.3. The SMILES string of the molecule is CCOc1ccc(N(CC(=O)N=Nc2c(O)[nH]c3ccccc23)S(=O)(=O)c2ccc(SC)cc2)cc1. The molecule has 0 saturated carbocycles. The minimum atomic E-state index is -4.11. The molecule has 1 aromatic heterocycles. The highest BCUT2D eigenvalue weighted by Crippen LogP contribution is 2.35. The van der Waals surface area contributed by atoms with E-state index in [1.165, 1.54) is 23.9 Å². The zero-order chi connectivity index (χ0) is 25.7. The molecule has 4 rings (SSSR count). The number of carbonyl (C=O) groups is 1. The Kier molecular flexibility index (Phi) is 7.61. The van der Waals surface area contributed by atoms with Crippen molar-refractivity contribution in [2.24, 2.45) is 10.2 Å². The van der Waals surface area contributed by atoms with Crippen LogP contribution in [-0.2, 0) is 14.8 Å². The first kappa shape index (κ1) is 25.3. The first-order valence-corrected chi connectivity index (χ1v) is 13.6. The third kappa shape index (κ3) is 5.37. The number of fused-ring (bicyclic) bond motifs is 1. The number of sulfonamides is 1. The zero-order valence-electron chi connectivity index (χ0n) is 19.6. The number of aromatic amines is 1. The van der Waals surface area contributed by atoms with E-state index in [1.54, 1.807) is 60.7 Å². The molecule has 0 aliphatic carbocycles. The summed E-state index contributed by atoms with van der Waals surface area (Å²) in [7, 11) is -4.11. The molecule has 186 valence electrons. The number of thioether (sulfide) groups is 1. The third-order valence-electron chi connectivity index (χ3n) is 5.28. The van der Waals surface area contributed by atoms with Crippen LogP contribution in [0.25, 0.3) is 10.9 Å². The van der Waals surface area contributed by atoms with Gasteiger partial charge < -0.3 is 14.8 Å². The van der Waals surface area contributed by atoms with Crippen LogP contribution in [0.2, 0.25) is 0 Å². The smallest absolute Gasteiger partial charge is 0.285 e. The van der Waals surface area contributed by atoms with Gasteiger partial charge in [0.05, 0.1) is 22.7 Å². The average Bonchev–Trinajstić information content (AvgIpc) is 3.21. The standard InChI is InChI=1S/C25H24N4O5S2/c1-3-34-18-10-8-17(9-11-18)29(36(32,33)20-14-12-19(35-2)13-15-20)16-23(30)27-28-24-21-6-4-5-7-22(21)26-25(24)31/h4-15,26,31H,3,16H2,1-2H3. The van der Waals surface area contributed by atoms with Crippen LogP contribution in [0.5, 0.6) is 11.6 Å². The Morgan fingerprint density at radius 3 is 2.42 bits per heavy atom. The normalized spacial score (nSPS) is 11.7. The summed E-state index contributed by atoms with van der Waals surface area (Å²) in [5.74, 6) is -0.473.